The van der Waals surface area contributed by atoms with Crippen LogP contribution in [0.2, 0.25) is 0 Å². The number of rotatable bonds is 8. The van der Waals surface area contributed by atoms with Gasteiger partial charge in [-0.05, 0) is 51.3 Å². The summed E-state index contributed by atoms with van der Waals surface area (Å²) in [5.74, 6) is 1.36. The number of hydrogen-bond donors (Lipinski definition) is 2. The third-order valence-electron chi connectivity index (χ3n) is 6.73. The number of ketones is 1. The summed E-state index contributed by atoms with van der Waals surface area (Å²) in [6, 6.07) is 9.19. The Morgan fingerprint density at radius 1 is 1.23 bits per heavy atom. The largest absolute Gasteiger partial charge is 0.361 e. The Morgan fingerprint density at radius 2 is 1.97 bits per heavy atom. The predicted molar refractivity (Wildman–Crippen MR) is 125 cm³/mol. The van der Waals surface area contributed by atoms with Crippen LogP contribution in [0.1, 0.15) is 56.2 Å². The molecule has 1 aliphatic rings. The van der Waals surface area contributed by atoms with Crippen LogP contribution in [-0.2, 0) is 6.42 Å². The number of anilines is 1. The Labute approximate surface area is 184 Å². The minimum atomic E-state index is 0.0484. The molecule has 1 unspecified atom stereocenters. The molecule has 2 N–H and O–H groups in total. The first-order valence-electron chi connectivity index (χ1n) is 11.4. The molecule has 1 aliphatic heterocycles. The lowest BCUT2D eigenvalue weighted by molar-refractivity contribution is 0.0948. The highest BCUT2D eigenvalue weighted by Crippen LogP contribution is 2.25. The molecule has 4 rings (SSSR count). The molecular weight excluding hydrogens is 388 g/mol. The molecule has 3 aromatic rings. The van der Waals surface area contributed by atoms with Gasteiger partial charge in [0.1, 0.15) is 0 Å². The molecule has 3 heterocycles. The lowest BCUT2D eigenvalue weighted by atomic mass is 9.90. The number of para-hydroxylation sites is 1. The number of carbonyl (C=O) groups is 1. The Kier molecular flexibility index (Phi) is 6.41. The molecule has 1 saturated heterocycles. The number of likely N-dealkylation sites (N-methyl/N-ethyl adjacent to an activating group) is 1. The minimum Gasteiger partial charge on any atom is -0.361 e. The van der Waals surface area contributed by atoms with Crippen molar-refractivity contribution >= 4 is 22.6 Å². The highest BCUT2D eigenvalue weighted by molar-refractivity contribution is 5.93. The maximum absolute atomic E-state index is 13.0. The van der Waals surface area contributed by atoms with E-state index in [2.05, 4.69) is 82.2 Å². The second-order valence-electron chi connectivity index (χ2n) is 9.10. The molecule has 0 radical (unpaired) electrons. The zero-order valence-electron chi connectivity index (χ0n) is 19.1. The van der Waals surface area contributed by atoms with Gasteiger partial charge in [0.15, 0.2) is 11.6 Å². The van der Waals surface area contributed by atoms with Crippen LogP contribution < -0.4 is 4.90 Å². The van der Waals surface area contributed by atoms with Gasteiger partial charge in [-0.25, -0.2) is 0 Å². The third kappa shape index (κ3) is 4.66. The first-order valence-corrected chi connectivity index (χ1v) is 11.4. The van der Waals surface area contributed by atoms with Crippen LogP contribution in [0.3, 0.4) is 0 Å². The first kappa shape index (κ1) is 21.6. The monoisotopic (exact) mass is 422 g/mol. The Balaban J connectivity index is 1.43. The van der Waals surface area contributed by atoms with Gasteiger partial charge in [-0.1, -0.05) is 31.5 Å². The molecule has 7 nitrogen and oxygen atoms in total. The van der Waals surface area contributed by atoms with Crippen molar-refractivity contribution in [2.24, 2.45) is 5.92 Å². The summed E-state index contributed by atoms with van der Waals surface area (Å²) in [5.41, 5.74) is 2.43. The average Bonchev–Trinajstić information content (AvgIpc) is 3.40. The maximum Gasteiger partial charge on any atom is 0.245 e. The molecule has 0 aliphatic carbocycles. The number of carbonyl (C=O) groups excluding carboxylic acids is 1. The van der Waals surface area contributed by atoms with Crippen molar-refractivity contribution in [2.75, 3.05) is 25.0 Å². The number of nitrogens with zero attached hydrogens (tertiary/aromatic N) is 4. The molecule has 1 fully saturated rings. The highest BCUT2D eigenvalue weighted by atomic mass is 16.1. The predicted octanol–water partition coefficient (Wildman–Crippen LogP) is 4.05. The summed E-state index contributed by atoms with van der Waals surface area (Å²) < 4.78 is 0. The first-order chi connectivity index (χ1) is 15.0. The Bertz CT molecular complexity index is 1010. The standard InChI is InChI=1S/C24H34N6O/c1-5-8-18(11-19-13-25-21-10-7-6-9-20(19)21)12-22(31)23-26-24(28-27-23)30-14-16(2)29(4)17(3)15-30/h6-7,9-10,13,16-18,25H,5,8,11-12,14-15H2,1-4H3,(H,26,27,28)/t16-,17+,18?. The van der Waals surface area contributed by atoms with Crippen molar-refractivity contribution < 1.29 is 4.79 Å². The van der Waals surface area contributed by atoms with Gasteiger partial charge >= 0.3 is 0 Å². The molecule has 166 valence electrons. The van der Waals surface area contributed by atoms with E-state index in [4.69, 9.17) is 0 Å². The number of aromatic amines is 2. The summed E-state index contributed by atoms with van der Waals surface area (Å²) in [4.78, 5) is 25.5. The molecule has 2 aromatic heterocycles. The van der Waals surface area contributed by atoms with E-state index in [1.165, 1.54) is 10.9 Å². The molecule has 0 saturated carbocycles. The number of piperazine rings is 1. The van der Waals surface area contributed by atoms with Crippen LogP contribution in [0.25, 0.3) is 10.9 Å². The van der Waals surface area contributed by atoms with Crippen molar-refractivity contribution in [1.29, 1.82) is 0 Å². The molecule has 0 bridgehead atoms. The fourth-order valence-corrected chi connectivity index (χ4v) is 4.74. The lowest BCUT2D eigenvalue weighted by Crippen LogP contribution is -2.55. The van der Waals surface area contributed by atoms with Crippen molar-refractivity contribution in [3.05, 3.63) is 41.9 Å². The van der Waals surface area contributed by atoms with Crippen molar-refractivity contribution in [2.45, 2.75) is 58.5 Å². The van der Waals surface area contributed by atoms with Crippen LogP contribution in [0, 0.1) is 5.92 Å². The normalized spacial score (nSPS) is 21.0. The number of nitrogens with one attached hydrogen (secondary N) is 2. The quantitative estimate of drug-likeness (QED) is 0.535. The van der Waals surface area contributed by atoms with Crippen molar-refractivity contribution in [3.63, 3.8) is 0 Å². The van der Waals surface area contributed by atoms with E-state index < -0.39 is 0 Å². The average molecular weight is 423 g/mol. The van der Waals surface area contributed by atoms with Gasteiger partial charge in [0.05, 0.1) is 0 Å². The number of aromatic nitrogens is 4. The van der Waals surface area contributed by atoms with Crippen LogP contribution in [-0.4, -0.2) is 63.1 Å². The van der Waals surface area contributed by atoms with E-state index in [1.54, 1.807) is 0 Å². The van der Waals surface area contributed by atoms with E-state index in [0.717, 1.165) is 37.9 Å². The van der Waals surface area contributed by atoms with Gasteiger partial charge in [0.25, 0.3) is 0 Å². The SMILES string of the molecule is CCCC(CC(=O)c1nc(N2C[C@@H](C)N(C)[C@@H](C)C2)n[nH]1)Cc1c[nH]c2ccccc12. The lowest BCUT2D eigenvalue weighted by Gasteiger charge is -2.41. The van der Waals surface area contributed by atoms with Gasteiger partial charge in [0, 0.05) is 48.7 Å². The minimum absolute atomic E-state index is 0.0484. The Morgan fingerprint density at radius 3 is 2.71 bits per heavy atom. The molecule has 0 spiro atoms. The number of fused-ring (bicyclic) bond motifs is 1. The Hall–Kier alpha value is -2.67. The van der Waals surface area contributed by atoms with E-state index >= 15 is 0 Å². The van der Waals surface area contributed by atoms with Gasteiger partial charge in [-0.3, -0.25) is 14.8 Å². The zero-order valence-corrected chi connectivity index (χ0v) is 19.1. The van der Waals surface area contributed by atoms with Gasteiger partial charge in [-0.15, -0.1) is 5.10 Å². The topological polar surface area (TPSA) is 80.9 Å². The van der Waals surface area contributed by atoms with Crippen LogP contribution >= 0.6 is 0 Å². The summed E-state index contributed by atoms with van der Waals surface area (Å²) in [6.07, 6.45) is 5.52. The molecule has 1 aromatic carbocycles. The van der Waals surface area contributed by atoms with E-state index in [-0.39, 0.29) is 11.7 Å². The second-order valence-corrected chi connectivity index (χ2v) is 9.10. The van der Waals surface area contributed by atoms with E-state index in [1.807, 2.05) is 6.07 Å². The summed E-state index contributed by atoms with van der Waals surface area (Å²) in [5, 5.41) is 8.52. The number of hydrogen-bond acceptors (Lipinski definition) is 5. The molecule has 0 amide bonds. The van der Waals surface area contributed by atoms with E-state index in [9.17, 15) is 4.79 Å². The molecule has 31 heavy (non-hydrogen) atoms. The third-order valence-corrected chi connectivity index (χ3v) is 6.73. The van der Waals surface area contributed by atoms with Gasteiger partial charge in [-0.2, -0.15) is 4.98 Å². The summed E-state index contributed by atoms with van der Waals surface area (Å²) in [6.45, 7) is 8.33. The maximum atomic E-state index is 13.0. The van der Waals surface area contributed by atoms with Crippen LogP contribution in [0.5, 0.6) is 0 Å². The number of benzene rings is 1. The smallest absolute Gasteiger partial charge is 0.245 e. The zero-order chi connectivity index (χ0) is 22.0. The van der Waals surface area contributed by atoms with E-state index in [0.29, 0.717) is 30.3 Å². The molecular formula is C24H34N6O. The highest BCUT2D eigenvalue weighted by Gasteiger charge is 2.29. The van der Waals surface area contributed by atoms with Crippen LogP contribution in [0.4, 0.5) is 5.95 Å². The fourth-order valence-electron chi connectivity index (χ4n) is 4.74. The van der Waals surface area contributed by atoms with Gasteiger partial charge in [0.2, 0.25) is 5.95 Å². The second kappa shape index (κ2) is 9.22. The van der Waals surface area contributed by atoms with Gasteiger partial charge < -0.3 is 9.88 Å². The van der Waals surface area contributed by atoms with Crippen molar-refractivity contribution in [1.82, 2.24) is 25.1 Å². The van der Waals surface area contributed by atoms with Crippen LogP contribution in [0.15, 0.2) is 30.5 Å². The molecule has 7 heteroatoms. The fraction of sp³-hybridized carbons (Fsp3) is 0.542. The summed E-state index contributed by atoms with van der Waals surface area (Å²) in [7, 11) is 2.15. The number of Topliss-reactive ketones (excluding diaryl/α,β-unsaturated/α-hetero) is 1. The van der Waals surface area contributed by atoms with Crippen molar-refractivity contribution in [3.8, 4) is 0 Å². The summed E-state index contributed by atoms with van der Waals surface area (Å²) >= 11 is 0. The molecule has 3 atom stereocenters. The number of H-pyrrole nitrogens is 2.